The number of H-pyrrole nitrogens is 1. The summed E-state index contributed by atoms with van der Waals surface area (Å²) >= 11 is 0. The Kier molecular flexibility index (Phi) is 3.75. The van der Waals surface area contributed by atoms with E-state index >= 15 is 0 Å². The quantitative estimate of drug-likeness (QED) is 0.881. The molecule has 0 spiro atoms. The van der Waals surface area contributed by atoms with Crippen LogP contribution in [0.25, 0.3) is 0 Å². The minimum atomic E-state index is -0.269. The maximum atomic E-state index is 12.1. The molecule has 0 fully saturated rings. The molecule has 116 valence electrons. The van der Waals surface area contributed by atoms with Crippen LogP contribution in [0.3, 0.4) is 0 Å². The highest BCUT2D eigenvalue weighted by Crippen LogP contribution is 2.28. The SMILES string of the molecule is CC(CNC(=O)c1cc(=O)[nH]n1C)N1CCc2ccccc21. The van der Waals surface area contributed by atoms with Gasteiger partial charge in [0, 0.05) is 37.9 Å². The average Bonchev–Trinajstić information content (AvgIpc) is 3.07. The monoisotopic (exact) mass is 300 g/mol. The van der Waals surface area contributed by atoms with Gasteiger partial charge in [-0.25, -0.2) is 0 Å². The van der Waals surface area contributed by atoms with Crippen LogP contribution in [0.5, 0.6) is 0 Å². The van der Waals surface area contributed by atoms with E-state index in [4.69, 9.17) is 0 Å². The van der Waals surface area contributed by atoms with Crippen molar-refractivity contribution < 1.29 is 4.79 Å². The molecule has 3 rings (SSSR count). The first kappa shape index (κ1) is 14.4. The molecule has 0 saturated carbocycles. The van der Waals surface area contributed by atoms with Crippen LogP contribution in [0.4, 0.5) is 5.69 Å². The summed E-state index contributed by atoms with van der Waals surface area (Å²) < 4.78 is 1.44. The lowest BCUT2D eigenvalue weighted by Crippen LogP contribution is -2.41. The van der Waals surface area contributed by atoms with E-state index in [2.05, 4.69) is 40.4 Å². The predicted octanol–water partition coefficient (Wildman–Crippen LogP) is 0.894. The van der Waals surface area contributed by atoms with Gasteiger partial charge in [0.15, 0.2) is 0 Å². The number of hydrogen-bond donors (Lipinski definition) is 2. The number of fused-ring (bicyclic) bond motifs is 1. The van der Waals surface area contributed by atoms with E-state index in [0.717, 1.165) is 13.0 Å². The molecule has 2 N–H and O–H groups in total. The molecule has 1 amide bonds. The number of aromatic amines is 1. The van der Waals surface area contributed by atoms with Crippen molar-refractivity contribution in [3.8, 4) is 0 Å². The summed E-state index contributed by atoms with van der Waals surface area (Å²) in [7, 11) is 1.65. The summed E-state index contributed by atoms with van der Waals surface area (Å²) in [5, 5.41) is 5.43. The Hall–Kier alpha value is -2.50. The van der Waals surface area contributed by atoms with Gasteiger partial charge < -0.3 is 10.2 Å². The highest BCUT2D eigenvalue weighted by Gasteiger charge is 2.23. The van der Waals surface area contributed by atoms with Crippen molar-refractivity contribution in [3.63, 3.8) is 0 Å². The van der Waals surface area contributed by atoms with Crippen LogP contribution >= 0.6 is 0 Å². The average molecular weight is 300 g/mol. The Morgan fingerprint density at radius 1 is 1.41 bits per heavy atom. The Bertz CT molecular complexity index is 747. The zero-order valence-corrected chi connectivity index (χ0v) is 12.8. The molecule has 2 aromatic rings. The fourth-order valence-electron chi connectivity index (χ4n) is 2.96. The van der Waals surface area contributed by atoms with Crippen LogP contribution in [0.2, 0.25) is 0 Å². The standard InChI is InChI=1S/C16H20N4O2/c1-11(20-8-7-12-5-3-4-6-13(12)20)10-17-16(22)14-9-15(21)18-19(14)2/h3-6,9,11H,7-8,10H2,1-2H3,(H,17,22)(H,18,21). The van der Waals surface area contributed by atoms with Gasteiger partial charge >= 0.3 is 0 Å². The number of amides is 1. The summed E-state index contributed by atoms with van der Waals surface area (Å²) in [4.78, 5) is 25.7. The first-order valence-corrected chi connectivity index (χ1v) is 7.45. The number of carbonyl (C=O) groups excluding carboxylic acids is 1. The molecule has 6 heteroatoms. The van der Waals surface area contributed by atoms with Crippen molar-refractivity contribution in [2.24, 2.45) is 7.05 Å². The van der Waals surface area contributed by atoms with Crippen LogP contribution in [-0.4, -0.2) is 34.8 Å². The zero-order valence-electron chi connectivity index (χ0n) is 12.8. The molecule has 1 aromatic carbocycles. The third kappa shape index (κ3) is 2.64. The molecule has 1 atom stereocenters. The van der Waals surface area contributed by atoms with E-state index in [1.54, 1.807) is 7.05 Å². The molecule has 0 radical (unpaired) electrons. The van der Waals surface area contributed by atoms with E-state index in [-0.39, 0.29) is 17.5 Å². The van der Waals surface area contributed by atoms with E-state index in [1.807, 2.05) is 6.07 Å². The minimum Gasteiger partial charge on any atom is -0.366 e. The lowest BCUT2D eigenvalue weighted by atomic mass is 10.2. The maximum Gasteiger partial charge on any atom is 0.269 e. The summed E-state index contributed by atoms with van der Waals surface area (Å²) in [5.74, 6) is -0.236. The molecule has 1 aliphatic heterocycles. The number of nitrogens with zero attached hydrogens (tertiary/aromatic N) is 2. The van der Waals surface area contributed by atoms with Crippen LogP contribution in [0.1, 0.15) is 23.0 Å². The molecule has 0 aliphatic carbocycles. The molecule has 22 heavy (non-hydrogen) atoms. The second-order valence-electron chi connectivity index (χ2n) is 5.70. The third-order valence-electron chi connectivity index (χ3n) is 4.15. The third-order valence-corrected chi connectivity index (χ3v) is 4.15. The number of aryl methyl sites for hydroxylation is 1. The van der Waals surface area contributed by atoms with Crippen molar-refractivity contribution in [1.29, 1.82) is 0 Å². The van der Waals surface area contributed by atoms with E-state index in [9.17, 15) is 9.59 Å². The number of aromatic nitrogens is 2. The number of benzene rings is 1. The number of hydrogen-bond acceptors (Lipinski definition) is 3. The minimum absolute atomic E-state index is 0.198. The van der Waals surface area contributed by atoms with Gasteiger partial charge in [-0.1, -0.05) is 18.2 Å². The molecule has 0 bridgehead atoms. The second-order valence-corrected chi connectivity index (χ2v) is 5.70. The van der Waals surface area contributed by atoms with Gasteiger partial charge in [-0.3, -0.25) is 19.4 Å². The molecule has 2 heterocycles. The Morgan fingerprint density at radius 3 is 2.91 bits per heavy atom. The van der Waals surface area contributed by atoms with Gasteiger partial charge in [0.1, 0.15) is 5.69 Å². The van der Waals surface area contributed by atoms with Gasteiger partial charge in [0.05, 0.1) is 0 Å². The summed E-state index contributed by atoms with van der Waals surface area (Å²) in [5.41, 5.74) is 2.68. The van der Waals surface area contributed by atoms with Crippen molar-refractivity contribution in [2.45, 2.75) is 19.4 Å². The second kappa shape index (κ2) is 5.71. The lowest BCUT2D eigenvalue weighted by molar-refractivity contribution is 0.0942. The molecule has 1 aliphatic rings. The maximum absolute atomic E-state index is 12.1. The van der Waals surface area contributed by atoms with Crippen LogP contribution < -0.4 is 15.8 Å². The van der Waals surface area contributed by atoms with Crippen molar-refractivity contribution in [2.75, 3.05) is 18.0 Å². The summed E-state index contributed by atoms with van der Waals surface area (Å²) in [6.07, 6.45) is 1.04. The van der Waals surface area contributed by atoms with Crippen molar-refractivity contribution >= 4 is 11.6 Å². The number of nitrogens with one attached hydrogen (secondary N) is 2. The molecule has 1 aromatic heterocycles. The highest BCUT2D eigenvalue weighted by molar-refractivity contribution is 5.92. The largest absolute Gasteiger partial charge is 0.366 e. The van der Waals surface area contributed by atoms with Gasteiger partial charge in [0.2, 0.25) is 0 Å². The number of anilines is 1. The number of rotatable bonds is 4. The van der Waals surface area contributed by atoms with Gasteiger partial charge in [-0.15, -0.1) is 0 Å². The van der Waals surface area contributed by atoms with Crippen LogP contribution in [0, 0.1) is 0 Å². The highest BCUT2D eigenvalue weighted by atomic mass is 16.2. The van der Waals surface area contributed by atoms with Crippen molar-refractivity contribution in [3.05, 3.63) is 51.9 Å². The molecule has 6 nitrogen and oxygen atoms in total. The lowest BCUT2D eigenvalue weighted by Gasteiger charge is -2.27. The van der Waals surface area contributed by atoms with Crippen LogP contribution in [-0.2, 0) is 13.5 Å². The van der Waals surface area contributed by atoms with Crippen LogP contribution in [0.15, 0.2) is 35.1 Å². The zero-order chi connectivity index (χ0) is 15.7. The van der Waals surface area contributed by atoms with Gasteiger partial charge in [-0.05, 0) is 25.0 Å². The molecular formula is C16H20N4O2. The van der Waals surface area contributed by atoms with E-state index < -0.39 is 0 Å². The van der Waals surface area contributed by atoms with Gasteiger partial charge in [0.25, 0.3) is 11.5 Å². The van der Waals surface area contributed by atoms with E-state index in [0.29, 0.717) is 12.2 Å². The summed E-state index contributed by atoms with van der Waals surface area (Å²) in [6, 6.07) is 9.88. The Labute approximate surface area is 128 Å². The molecule has 0 saturated heterocycles. The Balaban J connectivity index is 1.64. The molecule has 1 unspecified atom stereocenters. The normalized spacial score (nSPS) is 14.7. The van der Waals surface area contributed by atoms with Gasteiger partial charge in [-0.2, -0.15) is 0 Å². The van der Waals surface area contributed by atoms with E-state index in [1.165, 1.54) is 22.0 Å². The van der Waals surface area contributed by atoms with Crippen molar-refractivity contribution in [1.82, 2.24) is 15.1 Å². The Morgan fingerprint density at radius 2 is 2.18 bits per heavy atom. The fourth-order valence-corrected chi connectivity index (χ4v) is 2.96. The smallest absolute Gasteiger partial charge is 0.269 e. The fraction of sp³-hybridized carbons (Fsp3) is 0.375. The first-order chi connectivity index (χ1) is 10.6. The first-order valence-electron chi connectivity index (χ1n) is 7.45. The number of para-hydroxylation sites is 1. The summed E-state index contributed by atoms with van der Waals surface area (Å²) in [6.45, 7) is 3.60. The predicted molar refractivity (Wildman–Crippen MR) is 85.3 cm³/mol. The molecular weight excluding hydrogens is 280 g/mol. The number of carbonyl (C=O) groups is 1. The topological polar surface area (TPSA) is 70.1 Å².